The molecule has 3 rings (SSSR count). The van der Waals surface area contributed by atoms with Gasteiger partial charge < -0.3 is 14.8 Å². The summed E-state index contributed by atoms with van der Waals surface area (Å²) < 4.78 is 1.51. The Balaban J connectivity index is 1.46. The molecule has 1 aliphatic heterocycles. The van der Waals surface area contributed by atoms with E-state index in [1.807, 2.05) is 29.2 Å². The Morgan fingerprint density at radius 1 is 0.963 bits per heavy atom. The predicted octanol–water partition coefficient (Wildman–Crippen LogP) is 2.18. The molecule has 27 heavy (non-hydrogen) atoms. The highest BCUT2D eigenvalue weighted by atomic mass is 16.2. The van der Waals surface area contributed by atoms with E-state index in [0.717, 1.165) is 31.5 Å². The molecule has 0 atom stereocenters. The summed E-state index contributed by atoms with van der Waals surface area (Å²) in [7, 11) is 0. The molecule has 1 aliphatic rings. The second-order valence-corrected chi connectivity index (χ2v) is 6.81. The molecule has 1 fully saturated rings. The normalized spacial score (nSPS) is 14.0. The van der Waals surface area contributed by atoms with Crippen LogP contribution in [-0.2, 0) is 17.9 Å². The summed E-state index contributed by atoms with van der Waals surface area (Å²) >= 11 is 0. The van der Waals surface area contributed by atoms with Gasteiger partial charge in [0.1, 0.15) is 0 Å². The quantitative estimate of drug-likeness (QED) is 0.851. The molecular weight excluding hydrogens is 342 g/mol. The van der Waals surface area contributed by atoms with Crippen molar-refractivity contribution in [2.45, 2.75) is 38.8 Å². The van der Waals surface area contributed by atoms with E-state index in [-0.39, 0.29) is 23.8 Å². The largest absolute Gasteiger partial charge is 0.352 e. The smallest absolute Gasteiger partial charge is 0.253 e. The maximum Gasteiger partial charge on any atom is 0.253 e. The number of rotatable bonds is 6. The van der Waals surface area contributed by atoms with E-state index in [1.165, 1.54) is 17.1 Å². The van der Waals surface area contributed by atoms with Crippen molar-refractivity contribution < 1.29 is 9.59 Å². The summed E-state index contributed by atoms with van der Waals surface area (Å²) in [5, 5.41) is 2.85. The fourth-order valence-electron chi connectivity index (χ4n) is 3.20. The SMILES string of the molecule is O=C(CCn1ccccc1=O)NCc1ccc(C(=O)N2CCCCC2)cc1. The van der Waals surface area contributed by atoms with Crippen molar-refractivity contribution in [2.24, 2.45) is 0 Å². The number of nitrogens with one attached hydrogen (secondary N) is 1. The van der Waals surface area contributed by atoms with Gasteiger partial charge in [0.25, 0.3) is 11.5 Å². The second kappa shape index (κ2) is 9.16. The number of hydrogen-bond donors (Lipinski definition) is 1. The highest BCUT2D eigenvalue weighted by Crippen LogP contribution is 2.14. The number of pyridine rings is 1. The van der Waals surface area contributed by atoms with E-state index in [9.17, 15) is 14.4 Å². The van der Waals surface area contributed by atoms with E-state index in [1.54, 1.807) is 18.3 Å². The Hall–Kier alpha value is -2.89. The van der Waals surface area contributed by atoms with Gasteiger partial charge in [0, 0.05) is 50.4 Å². The van der Waals surface area contributed by atoms with Crippen LogP contribution >= 0.6 is 0 Å². The Bertz CT molecular complexity index is 836. The van der Waals surface area contributed by atoms with Gasteiger partial charge in [-0.15, -0.1) is 0 Å². The number of carbonyl (C=O) groups excluding carboxylic acids is 2. The third-order valence-electron chi connectivity index (χ3n) is 4.81. The number of carbonyl (C=O) groups is 2. The van der Waals surface area contributed by atoms with Gasteiger partial charge in [0.15, 0.2) is 0 Å². The molecule has 0 saturated carbocycles. The molecule has 0 bridgehead atoms. The zero-order valence-corrected chi connectivity index (χ0v) is 15.4. The van der Waals surface area contributed by atoms with Crippen molar-refractivity contribution in [1.82, 2.24) is 14.8 Å². The fourth-order valence-corrected chi connectivity index (χ4v) is 3.20. The van der Waals surface area contributed by atoms with Crippen molar-refractivity contribution >= 4 is 11.8 Å². The second-order valence-electron chi connectivity index (χ2n) is 6.81. The van der Waals surface area contributed by atoms with Crippen molar-refractivity contribution in [3.05, 3.63) is 70.1 Å². The number of aryl methyl sites for hydroxylation is 1. The third-order valence-corrected chi connectivity index (χ3v) is 4.81. The van der Waals surface area contributed by atoms with E-state index in [2.05, 4.69) is 5.32 Å². The van der Waals surface area contributed by atoms with Crippen LogP contribution < -0.4 is 10.9 Å². The van der Waals surface area contributed by atoms with Crippen LogP contribution in [-0.4, -0.2) is 34.4 Å². The van der Waals surface area contributed by atoms with Crippen LogP contribution in [0.2, 0.25) is 0 Å². The molecule has 0 radical (unpaired) electrons. The minimum absolute atomic E-state index is 0.0820. The summed E-state index contributed by atoms with van der Waals surface area (Å²) in [5.74, 6) is -0.0298. The molecule has 1 aromatic heterocycles. The number of hydrogen-bond acceptors (Lipinski definition) is 3. The van der Waals surface area contributed by atoms with Gasteiger partial charge in [-0.3, -0.25) is 14.4 Å². The van der Waals surface area contributed by atoms with Gasteiger partial charge in [-0.05, 0) is 43.0 Å². The van der Waals surface area contributed by atoms with Crippen molar-refractivity contribution in [1.29, 1.82) is 0 Å². The lowest BCUT2D eigenvalue weighted by Gasteiger charge is -2.26. The molecule has 2 aromatic rings. The Morgan fingerprint density at radius 3 is 2.41 bits per heavy atom. The molecule has 1 N–H and O–H groups in total. The predicted molar refractivity (Wildman–Crippen MR) is 103 cm³/mol. The molecule has 142 valence electrons. The highest BCUT2D eigenvalue weighted by Gasteiger charge is 2.17. The fraction of sp³-hybridized carbons (Fsp3) is 0.381. The van der Waals surface area contributed by atoms with Gasteiger partial charge >= 0.3 is 0 Å². The zero-order valence-electron chi connectivity index (χ0n) is 15.4. The van der Waals surface area contributed by atoms with Gasteiger partial charge in [-0.1, -0.05) is 18.2 Å². The van der Waals surface area contributed by atoms with Crippen LogP contribution in [0.25, 0.3) is 0 Å². The third kappa shape index (κ3) is 5.29. The molecule has 0 unspecified atom stereocenters. The molecule has 2 amide bonds. The monoisotopic (exact) mass is 367 g/mol. The van der Waals surface area contributed by atoms with Crippen LogP contribution in [0.15, 0.2) is 53.5 Å². The van der Waals surface area contributed by atoms with Crippen LogP contribution in [0.1, 0.15) is 41.6 Å². The van der Waals surface area contributed by atoms with Gasteiger partial charge in [0.05, 0.1) is 0 Å². The highest BCUT2D eigenvalue weighted by molar-refractivity contribution is 5.94. The summed E-state index contributed by atoms with van der Waals surface area (Å²) in [4.78, 5) is 38.0. The lowest BCUT2D eigenvalue weighted by atomic mass is 10.1. The standard InChI is InChI=1S/C21H25N3O3/c25-19(11-15-23-12-5-2-6-20(23)26)22-16-17-7-9-18(10-8-17)21(27)24-13-3-1-4-14-24/h2,5-10,12H,1,3-4,11,13-16H2,(H,22,25). The summed E-state index contributed by atoms with van der Waals surface area (Å²) in [6, 6.07) is 12.3. The summed E-state index contributed by atoms with van der Waals surface area (Å²) in [6.07, 6.45) is 5.26. The average molecular weight is 367 g/mol. The van der Waals surface area contributed by atoms with Gasteiger partial charge in [-0.2, -0.15) is 0 Å². The van der Waals surface area contributed by atoms with Crippen LogP contribution in [0.4, 0.5) is 0 Å². The first-order valence-corrected chi connectivity index (χ1v) is 9.44. The molecular formula is C21H25N3O3. The first-order valence-electron chi connectivity index (χ1n) is 9.44. The van der Waals surface area contributed by atoms with E-state index in [0.29, 0.717) is 18.7 Å². The Labute approximate surface area is 158 Å². The number of likely N-dealkylation sites (tertiary alicyclic amines) is 1. The molecule has 1 aromatic carbocycles. The van der Waals surface area contributed by atoms with E-state index in [4.69, 9.17) is 0 Å². The Morgan fingerprint density at radius 2 is 1.70 bits per heavy atom. The topological polar surface area (TPSA) is 71.4 Å². The minimum Gasteiger partial charge on any atom is -0.352 e. The number of aromatic nitrogens is 1. The summed E-state index contributed by atoms with van der Waals surface area (Å²) in [6.45, 7) is 2.43. The van der Waals surface area contributed by atoms with Crippen LogP contribution in [0.5, 0.6) is 0 Å². The van der Waals surface area contributed by atoms with Crippen LogP contribution in [0.3, 0.4) is 0 Å². The average Bonchev–Trinajstić information content (AvgIpc) is 2.72. The van der Waals surface area contributed by atoms with Crippen molar-refractivity contribution in [3.8, 4) is 0 Å². The molecule has 1 saturated heterocycles. The van der Waals surface area contributed by atoms with Gasteiger partial charge in [-0.25, -0.2) is 0 Å². The number of amides is 2. The first-order chi connectivity index (χ1) is 13.1. The molecule has 6 heteroatoms. The molecule has 2 heterocycles. The first kappa shape index (κ1) is 18.9. The molecule has 6 nitrogen and oxygen atoms in total. The van der Waals surface area contributed by atoms with Crippen molar-refractivity contribution in [3.63, 3.8) is 0 Å². The Kier molecular flexibility index (Phi) is 6.41. The molecule has 0 aliphatic carbocycles. The summed E-state index contributed by atoms with van der Waals surface area (Å²) in [5.41, 5.74) is 1.52. The molecule has 0 spiro atoms. The number of nitrogens with zero attached hydrogens (tertiary/aromatic N) is 2. The maximum absolute atomic E-state index is 12.5. The van der Waals surface area contributed by atoms with Gasteiger partial charge in [0.2, 0.25) is 5.91 Å². The minimum atomic E-state index is -0.112. The maximum atomic E-state index is 12.5. The van der Waals surface area contributed by atoms with E-state index >= 15 is 0 Å². The number of piperidine rings is 1. The lowest BCUT2D eigenvalue weighted by Crippen LogP contribution is -2.35. The van der Waals surface area contributed by atoms with Crippen LogP contribution in [0, 0.1) is 0 Å². The van der Waals surface area contributed by atoms with E-state index < -0.39 is 0 Å². The van der Waals surface area contributed by atoms with Crippen molar-refractivity contribution in [2.75, 3.05) is 13.1 Å². The number of benzene rings is 1. The zero-order chi connectivity index (χ0) is 19.1. The lowest BCUT2D eigenvalue weighted by molar-refractivity contribution is -0.121.